The summed E-state index contributed by atoms with van der Waals surface area (Å²) >= 11 is 0. The van der Waals surface area contributed by atoms with Gasteiger partial charge in [-0.3, -0.25) is 4.79 Å². The van der Waals surface area contributed by atoms with Crippen LogP contribution in [-0.4, -0.2) is 39.4 Å². The van der Waals surface area contributed by atoms with Gasteiger partial charge < -0.3 is 34.2 Å². The molecule has 9 heteroatoms. The number of nitrogens with two attached hydrogens (primary N) is 1. The summed E-state index contributed by atoms with van der Waals surface area (Å²) < 4.78 is 34.1. The summed E-state index contributed by atoms with van der Waals surface area (Å²) in [6.45, 7) is 3.87. The topological polar surface area (TPSA) is 116 Å². The van der Waals surface area contributed by atoms with Crippen molar-refractivity contribution in [3.63, 3.8) is 0 Å². The van der Waals surface area contributed by atoms with Gasteiger partial charge in [-0.15, -0.1) is 0 Å². The third-order valence-electron chi connectivity index (χ3n) is 6.05. The maximum Gasteiger partial charge on any atom is 0.340 e. The third-order valence-corrected chi connectivity index (χ3v) is 6.05. The zero-order valence-electron chi connectivity index (χ0n) is 19.4. The van der Waals surface area contributed by atoms with Crippen LogP contribution < -0.4 is 24.7 Å². The van der Waals surface area contributed by atoms with Gasteiger partial charge in [0.2, 0.25) is 24.2 Å². The summed E-state index contributed by atoms with van der Waals surface area (Å²) in [5.41, 5.74) is 8.08. The van der Waals surface area contributed by atoms with Gasteiger partial charge in [0.1, 0.15) is 11.3 Å². The van der Waals surface area contributed by atoms with Crippen LogP contribution >= 0.6 is 0 Å². The lowest BCUT2D eigenvalue weighted by Crippen LogP contribution is -2.32. The number of hydrogen-bond donors (Lipinski definition) is 1. The average Bonchev–Trinajstić information content (AvgIpc) is 3.27. The van der Waals surface area contributed by atoms with E-state index in [-0.39, 0.29) is 30.6 Å². The zero-order chi connectivity index (χ0) is 23.7. The number of rotatable bonds is 7. The summed E-state index contributed by atoms with van der Waals surface area (Å²) in [4.78, 5) is 26.3. The average molecular weight is 459 g/mol. The molecule has 0 spiro atoms. The molecular formula is C24H29NO8. The van der Waals surface area contributed by atoms with Crippen LogP contribution in [0.3, 0.4) is 0 Å². The number of Topliss-reactive ketones (excluding diaryl/α,β-unsaturated/α-hetero) is 1. The van der Waals surface area contributed by atoms with Crippen molar-refractivity contribution in [2.75, 3.05) is 27.6 Å². The lowest BCUT2D eigenvalue weighted by molar-refractivity contribution is -0.139. The third kappa shape index (κ3) is 3.65. The fourth-order valence-corrected chi connectivity index (χ4v) is 4.81. The Morgan fingerprint density at radius 3 is 2.42 bits per heavy atom. The molecule has 1 atom stereocenters. The molecule has 4 rings (SSSR count). The van der Waals surface area contributed by atoms with Crippen molar-refractivity contribution in [2.24, 2.45) is 5.73 Å². The normalized spacial score (nSPS) is 19.3. The molecule has 0 radical (unpaired) electrons. The summed E-state index contributed by atoms with van der Waals surface area (Å²) in [6.07, 6.45) is 2.89. The molecule has 2 heterocycles. The zero-order valence-corrected chi connectivity index (χ0v) is 19.4. The van der Waals surface area contributed by atoms with Crippen LogP contribution in [0.5, 0.6) is 23.0 Å². The maximum absolute atomic E-state index is 13.2. The van der Waals surface area contributed by atoms with Gasteiger partial charge in [-0.2, -0.15) is 0 Å². The highest BCUT2D eigenvalue weighted by Gasteiger charge is 2.45. The molecule has 0 bridgehead atoms. The first-order valence-electron chi connectivity index (χ1n) is 11.1. The molecule has 1 aliphatic carbocycles. The van der Waals surface area contributed by atoms with Crippen molar-refractivity contribution in [3.8, 4) is 23.0 Å². The molecule has 0 fully saturated rings. The van der Waals surface area contributed by atoms with Gasteiger partial charge in [0.15, 0.2) is 17.3 Å². The number of carbonyl (C=O) groups excluding carboxylic acids is 2. The molecular weight excluding hydrogens is 430 g/mol. The van der Waals surface area contributed by atoms with E-state index in [0.717, 1.165) is 12.0 Å². The second-order valence-corrected chi connectivity index (χ2v) is 7.92. The fraction of sp³-hybridized carbons (Fsp3) is 0.500. The van der Waals surface area contributed by atoms with E-state index >= 15 is 0 Å². The molecule has 2 N–H and O–H groups in total. The quantitative estimate of drug-likeness (QED) is 0.614. The standard InChI is InChI=1S/C24H29NO8/c1-5-8-12-15(20(29-4)22-21(19(12)28-3)31-11-32-22)17-16-13(26)9-7-10-14(16)33-23(25)18(17)24(27)30-6-2/h17H,5-11,25H2,1-4H3. The monoisotopic (exact) mass is 459 g/mol. The van der Waals surface area contributed by atoms with Crippen LogP contribution in [0.1, 0.15) is 56.6 Å². The highest BCUT2D eigenvalue weighted by atomic mass is 16.7. The van der Waals surface area contributed by atoms with Gasteiger partial charge in [0.25, 0.3) is 0 Å². The van der Waals surface area contributed by atoms with E-state index in [1.54, 1.807) is 14.0 Å². The number of benzene rings is 1. The van der Waals surface area contributed by atoms with Crippen LogP contribution in [0.25, 0.3) is 0 Å². The molecule has 33 heavy (non-hydrogen) atoms. The highest BCUT2D eigenvalue weighted by molar-refractivity contribution is 6.03. The molecule has 0 aromatic heterocycles. The molecule has 178 valence electrons. The van der Waals surface area contributed by atoms with E-state index in [4.69, 9.17) is 34.2 Å². The maximum atomic E-state index is 13.2. The van der Waals surface area contributed by atoms with Crippen LogP contribution in [0.2, 0.25) is 0 Å². The highest BCUT2D eigenvalue weighted by Crippen LogP contribution is 2.57. The van der Waals surface area contributed by atoms with Gasteiger partial charge in [-0.1, -0.05) is 13.3 Å². The Labute approximate surface area is 192 Å². The Bertz CT molecular complexity index is 1060. The number of fused-ring (bicyclic) bond motifs is 1. The molecule has 2 aliphatic heterocycles. The van der Waals surface area contributed by atoms with E-state index in [1.165, 1.54) is 7.11 Å². The molecule has 3 aliphatic rings. The van der Waals surface area contributed by atoms with Crippen LogP contribution in [-0.2, 0) is 25.5 Å². The number of ether oxygens (including phenoxy) is 6. The molecule has 1 aromatic carbocycles. The largest absolute Gasteiger partial charge is 0.492 e. The first-order chi connectivity index (χ1) is 16.0. The number of esters is 1. The summed E-state index contributed by atoms with van der Waals surface area (Å²) in [5, 5.41) is 0. The summed E-state index contributed by atoms with van der Waals surface area (Å²) in [6, 6.07) is 0. The van der Waals surface area contributed by atoms with Crippen molar-refractivity contribution < 1.29 is 38.0 Å². The predicted octanol–water partition coefficient (Wildman–Crippen LogP) is 3.24. The van der Waals surface area contributed by atoms with Gasteiger partial charge in [-0.25, -0.2) is 4.79 Å². The number of ketones is 1. The minimum atomic E-state index is -0.847. The van der Waals surface area contributed by atoms with Gasteiger partial charge in [-0.05, 0) is 19.8 Å². The summed E-state index contributed by atoms with van der Waals surface area (Å²) in [7, 11) is 3.06. The minimum absolute atomic E-state index is 0.000435. The smallest absolute Gasteiger partial charge is 0.340 e. The molecule has 1 unspecified atom stereocenters. The van der Waals surface area contributed by atoms with E-state index in [0.29, 0.717) is 65.6 Å². The first kappa shape index (κ1) is 22.8. The second kappa shape index (κ2) is 9.25. The SMILES string of the molecule is CCCc1c(OC)c2c(c(OC)c1C1C(C(=O)OCC)=C(N)OC3=C1C(=O)CCC3)OCO2. The lowest BCUT2D eigenvalue weighted by atomic mass is 9.74. The Hall–Kier alpha value is -3.36. The van der Waals surface area contributed by atoms with Crippen molar-refractivity contribution in [1.82, 2.24) is 0 Å². The molecule has 0 saturated carbocycles. The van der Waals surface area contributed by atoms with Crippen LogP contribution in [0.4, 0.5) is 0 Å². The number of carbonyl (C=O) groups is 2. The molecule has 0 saturated heterocycles. The number of allylic oxidation sites excluding steroid dienone is 2. The Kier molecular flexibility index (Phi) is 6.40. The van der Waals surface area contributed by atoms with Gasteiger partial charge >= 0.3 is 5.97 Å². The molecule has 1 aromatic rings. The van der Waals surface area contributed by atoms with Crippen LogP contribution in [0, 0.1) is 0 Å². The van der Waals surface area contributed by atoms with Crippen molar-refractivity contribution in [3.05, 3.63) is 33.9 Å². The second-order valence-electron chi connectivity index (χ2n) is 7.92. The molecule has 9 nitrogen and oxygen atoms in total. The van der Waals surface area contributed by atoms with Crippen molar-refractivity contribution >= 4 is 11.8 Å². The van der Waals surface area contributed by atoms with E-state index in [1.807, 2.05) is 6.92 Å². The first-order valence-corrected chi connectivity index (χ1v) is 11.1. The van der Waals surface area contributed by atoms with Gasteiger partial charge in [0, 0.05) is 29.5 Å². The van der Waals surface area contributed by atoms with Gasteiger partial charge in [0.05, 0.1) is 26.7 Å². The Morgan fingerprint density at radius 2 is 1.79 bits per heavy atom. The molecule has 0 amide bonds. The van der Waals surface area contributed by atoms with E-state index in [9.17, 15) is 9.59 Å². The Balaban J connectivity index is 2.08. The summed E-state index contributed by atoms with van der Waals surface area (Å²) in [5.74, 6) is 0.465. The lowest BCUT2D eigenvalue weighted by Gasteiger charge is -2.34. The van der Waals surface area contributed by atoms with E-state index < -0.39 is 11.9 Å². The minimum Gasteiger partial charge on any atom is -0.492 e. The fourth-order valence-electron chi connectivity index (χ4n) is 4.81. The van der Waals surface area contributed by atoms with Crippen molar-refractivity contribution in [2.45, 2.75) is 51.9 Å². The van der Waals surface area contributed by atoms with Crippen molar-refractivity contribution in [1.29, 1.82) is 0 Å². The Morgan fingerprint density at radius 1 is 1.09 bits per heavy atom. The number of hydrogen-bond acceptors (Lipinski definition) is 9. The number of methoxy groups -OCH3 is 2. The van der Waals surface area contributed by atoms with E-state index in [2.05, 4.69) is 0 Å². The predicted molar refractivity (Wildman–Crippen MR) is 117 cm³/mol. The van der Waals surface area contributed by atoms with Crippen LogP contribution in [0.15, 0.2) is 22.8 Å².